The van der Waals surface area contributed by atoms with Gasteiger partial charge in [0, 0.05) is 23.1 Å². The van der Waals surface area contributed by atoms with Crippen molar-refractivity contribution < 1.29 is 15.0 Å². The predicted octanol–water partition coefficient (Wildman–Crippen LogP) is 6.75. The molecular formula is C32H46BrNO3. The van der Waals surface area contributed by atoms with Crippen LogP contribution in [0.2, 0.25) is 0 Å². The zero-order valence-corrected chi connectivity index (χ0v) is 24.5. The first-order chi connectivity index (χ1) is 17.6. The molecule has 1 amide bonds. The Labute approximate surface area is 231 Å². The van der Waals surface area contributed by atoms with Crippen LogP contribution in [0, 0.1) is 46.3 Å². The number of hydrogen-bond acceptors (Lipinski definition) is 3. The van der Waals surface area contributed by atoms with Crippen molar-refractivity contribution in [1.29, 1.82) is 0 Å². The van der Waals surface area contributed by atoms with E-state index in [-0.39, 0.29) is 28.9 Å². The number of anilines is 1. The lowest BCUT2D eigenvalue weighted by atomic mass is 9.43. The summed E-state index contributed by atoms with van der Waals surface area (Å²) in [5, 5.41) is 22.1. The molecule has 4 aliphatic carbocycles. The van der Waals surface area contributed by atoms with Crippen molar-refractivity contribution in [1.82, 2.24) is 0 Å². The zero-order chi connectivity index (χ0) is 26.1. The number of carbonyl (C=O) groups is 1. The molecule has 1 heterocycles. The average molecular weight is 573 g/mol. The molecule has 6 rings (SSSR count). The number of fused-ring (bicyclic) bond motifs is 6. The van der Waals surface area contributed by atoms with Crippen LogP contribution < -0.4 is 4.90 Å². The molecule has 5 aliphatic rings. The Morgan fingerprint density at radius 3 is 2.73 bits per heavy atom. The number of aliphatic hydroxyl groups is 2. The molecule has 37 heavy (non-hydrogen) atoms. The van der Waals surface area contributed by atoms with E-state index in [2.05, 4.69) is 48.8 Å². The van der Waals surface area contributed by atoms with Gasteiger partial charge >= 0.3 is 0 Å². The quantitative estimate of drug-likeness (QED) is 0.420. The molecule has 10 atom stereocenters. The molecule has 0 radical (unpaired) electrons. The van der Waals surface area contributed by atoms with Crippen molar-refractivity contribution in [2.24, 2.45) is 46.3 Å². The minimum absolute atomic E-state index is 0.0342. The van der Waals surface area contributed by atoms with Crippen LogP contribution in [0.3, 0.4) is 0 Å². The third kappa shape index (κ3) is 4.16. The first-order valence-electron chi connectivity index (χ1n) is 15.1. The number of benzene rings is 1. The van der Waals surface area contributed by atoms with E-state index in [1.807, 2.05) is 11.0 Å². The van der Waals surface area contributed by atoms with Gasteiger partial charge in [0.05, 0.1) is 12.2 Å². The Balaban J connectivity index is 1.13. The minimum atomic E-state index is -0.254. The molecule has 2 N–H and O–H groups in total. The van der Waals surface area contributed by atoms with Gasteiger partial charge in [0.15, 0.2) is 0 Å². The van der Waals surface area contributed by atoms with E-state index >= 15 is 0 Å². The largest absolute Gasteiger partial charge is 0.393 e. The van der Waals surface area contributed by atoms with Crippen molar-refractivity contribution in [2.75, 3.05) is 11.4 Å². The number of halogens is 1. The topological polar surface area (TPSA) is 60.8 Å². The molecule has 4 saturated carbocycles. The van der Waals surface area contributed by atoms with E-state index < -0.39 is 0 Å². The summed E-state index contributed by atoms with van der Waals surface area (Å²) in [7, 11) is 0. The molecule has 0 bridgehead atoms. The SMILES string of the molecule is C[C@H](CCC(=O)N1CCc2cc(Br)ccc21)[C@H]1CC[C@H]2[C@@H]3CC[C@@H]4C[C@H](O)CC[C@]4(C)[C@H]3C[C@H](O)[C@]12C. The van der Waals surface area contributed by atoms with Gasteiger partial charge in [-0.2, -0.15) is 0 Å². The molecule has 0 unspecified atom stereocenters. The molecule has 0 spiro atoms. The van der Waals surface area contributed by atoms with E-state index in [4.69, 9.17) is 0 Å². The summed E-state index contributed by atoms with van der Waals surface area (Å²) in [6.45, 7) is 8.04. The summed E-state index contributed by atoms with van der Waals surface area (Å²) in [6.07, 6.45) is 11.0. The predicted molar refractivity (Wildman–Crippen MR) is 151 cm³/mol. The van der Waals surface area contributed by atoms with Crippen molar-refractivity contribution in [3.8, 4) is 0 Å². The third-order valence-electron chi connectivity index (χ3n) is 12.6. The van der Waals surface area contributed by atoms with Gasteiger partial charge in [-0.05, 0) is 134 Å². The molecule has 204 valence electrons. The van der Waals surface area contributed by atoms with Crippen LogP contribution in [-0.4, -0.2) is 34.9 Å². The number of aliphatic hydroxyl groups excluding tert-OH is 2. The van der Waals surface area contributed by atoms with E-state index in [1.54, 1.807) is 0 Å². The van der Waals surface area contributed by atoms with Gasteiger partial charge in [0.1, 0.15) is 0 Å². The van der Waals surface area contributed by atoms with Crippen LogP contribution in [0.25, 0.3) is 0 Å². The first kappa shape index (κ1) is 26.3. The number of hydrogen-bond donors (Lipinski definition) is 2. The highest BCUT2D eigenvalue weighted by molar-refractivity contribution is 9.10. The van der Waals surface area contributed by atoms with Crippen LogP contribution in [0.1, 0.15) is 90.5 Å². The van der Waals surface area contributed by atoms with Gasteiger partial charge in [0.25, 0.3) is 0 Å². The molecule has 5 heteroatoms. The molecule has 4 fully saturated rings. The third-order valence-corrected chi connectivity index (χ3v) is 13.0. The second-order valence-corrected chi connectivity index (χ2v) is 14.9. The highest BCUT2D eigenvalue weighted by Crippen LogP contribution is 2.68. The van der Waals surface area contributed by atoms with Crippen LogP contribution in [0.15, 0.2) is 22.7 Å². The minimum Gasteiger partial charge on any atom is -0.393 e. The van der Waals surface area contributed by atoms with E-state index in [1.165, 1.54) is 31.2 Å². The molecule has 1 aliphatic heterocycles. The van der Waals surface area contributed by atoms with Crippen molar-refractivity contribution in [3.63, 3.8) is 0 Å². The fourth-order valence-electron chi connectivity index (χ4n) is 10.5. The Morgan fingerprint density at radius 2 is 1.92 bits per heavy atom. The summed E-state index contributed by atoms with van der Waals surface area (Å²) in [5.41, 5.74) is 2.59. The number of rotatable bonds is 4. The van der Waals surface area contributed by atoms with E-state index in [0.29, 0.717) is 41.9 Å². The monoisotopic (exact) mass is 571 g/mol. The van der Waals surface area contributed by atoms with Gasteiger partial charge in [-0.25, -0.2) is 0 Å². The lowest BCUT2D eigenvalue weighted by Gasteiger charge is -2.62. The smallest absolute Gasteiger partial charge is 0.227 e. The molecule has 4 nitrogen and oxygen atoms in total. The number of amides is 1. The van der Waals surface area contributed by atoms with Crippen LogP contribution in [0.5, 0.6) is 0 Å². The summed E-state index contributed by atoms with van der Waals surface area (Å²) < 4.78 is 1.08. The zero-order valence-electron chi connectivity index (χ0n) is 23.0. The summed E-state index contributed by atoms with van der Waals surface area (Å²) >= 11 is 3.56. The van der Waals surface area contributed by atoms with Gasteiger partial charge < -0.3 is 15.1 Å². The van der Waals surface area contributed by atoms with Crippen LogP contribution in [0.4, 0.5) is 5.69 Å². The maximum absolute atomic E-state index is 13.3. The standard InChI is InChI=1S/C32H46BrNO3/c1-19(4-11-30(37)34-15-13-20-16-22(33)6-10-28(20)34)25-8-9-26-24-7-5-21-17-23(35)12-14-31(21,2)27(24)18-29(36)32(25,26)3/h6,10,16,19,21,23-27,29,35-36H,4-5,7-9,11-15,17-18H2,1-3H3/t19-,21-,23-,24+,25-,26+,27+,29+,31+,32-/m1/s1. The molecule has 1 aromatic carbocycles. The van der Waals surface area contributed by atoms with Crippen molar-refractivity contribution in [3.05, 3.63) is 28.2 Å². The Bertz CT molecular complexity index is 1040. The fraction of sp³-hybridized carbons (Fsp3) is 0.781. The highest BCUT2D eigenvalue weighted by atomic mass is 79.9. The Morgan fingerprint density at radius 1 is 1.11 bits per heavy atom. The molecule has 1 aromatic rings. The van der Waals surface area contributed by atoms with Gasteiger partial charge in [-0.1, -0.05) is 36.7 Å². The van der Waals surface area contributed by atoms with Gasteiger partial charge in [-0.15, -0.1) is 0 Å². The lowest BCUT2D eigenvalue weighted by molar-refractivity contribution is -0.174. The van der Waals surface area contributed by atoms with Gasteiger partial charge in [-0.3, -0.25) is 4.79 Å². The first-order valence-corrected chi connectivity index (χ1v) is 15.9. The van der Waals surface area contributed by atoms with Gasteiger partial charge in [0.2, 0.25) is 5.91 Å². The van der Waals surface area contributed by atoms with E-state index in [0.717, 1.165) is 55.2 Å². The second-order valence-electron chi connectivity index (χ2n) is 14.0. The fourth-order valence-corrected chi connectivity index (χ4v) is 10.9. The normalized spacial score (nSPS) is 43.5. The molecular weight excluding hydrogens is 526 g/mol. The Kier molecular flexibility index (Phi) is 6.85. The van der Waals surface area contributed by atoms with Crippen molar-refractivity contribution in [2.45, 2.75) is 104 Å². The maximum atomic E-state index is 13.3. The maximum Gasteiger partial charge on any atom is 0.227 e. The van der Waals surface area contributed by atoms with E-state index in [9.17, 15) is 15.0 Å². The Hall–Kier alpha value is -0.910. The van der Waals surface area contributed by atoms with Crippen molar-refractivity contribution >= 4 is 27.5 Å². The summed E-state index contributed by atoms with van der Waals surface area (Å²) in [5.74, 6) is 3.70. The van der Waals surface area contributed by atoms with Crippen LogP contribution >= 0.6 is 15.9 Å². The molecule has 0 saturated heterocycles. The summed E-state index contributed by atoms with van der Waals surface area (Å²) in [4.78, 5) is 15.3. The lowest BCUT2D eigenvalue weighted by Crippen LogP contribution is -2.58. The summed E-state index contributed by atoms with van der Waals surface area (Å²) in [6, 6.07) is 6.26. The van der Waals surface area contributed by atoms with Crippen LogP contribution in [-0.2, 0) is 11.2 Å². The number of nitrogens with zero attached hydrogens (tertiary/aromatic N) is 1. The molecule has 0 aromatic heterocycles. The number of carbonyl (C=O) groups excluding carboxylic acids is 1. The average Bonchev–Trinajstić information content (AvgIpc) is 3.45. The highest BCUT2D eigenvalue weighted by Gasteiger charge is 2.63. The second kappa shape index (κ2) is 9.63.